The second-order valence-electron chi connectivity index (χ2n) is 7.90. The highest BCUT2D eigenvalue weighted by Gasteiger charge is 2.47. The molecule has 2 aromatic rings. The van der Waals surface area contributed by atoms with Crippen LogP contribution < -0.4 is 5.56 Å². The molecule has 2 aromatic heterocycles. The number of H-pyrrole nitrogens is 1. The molecule has 0 radical (unpaired) electrons. The van der Waals surface area contributed by atoms with Gasteiger partial charge in [0.1, 0.15) is 11.9 Å². The molecule has 3 unspecified atom stereocenters. The number of aromatic amines is 1. The Hall–Kier alpha value is -3.03. The maximum Gasteiger partial charge on any atom is 0.326 e. The molecule has 3 atom stereocenters. The second kappa shape index (κ2) is 7.77. The number of carbonyl (C=O) groups is 2. The number of hydrogen-bond donors (Lipinski definition) is 2. The Labute approximate surface area is 168 Å². The summed E-state index contributed by atoms with van der Waals surface area (Å²) in [4.78, 5) is 50.3. The molecule has 1 aliphatic carbocycles. The lowest BCUT2D eigenvalue weighted by molar-refractivity contribution is -0.149. The summed E-state index contributed by atoms with van der Waals surface area (Å²) >= 11 is 0. The molecule has 4 rings (SSSR count). The molecule has 8 nitrogen and oxygen atoms in total. The van der Waals surface area contributed by atoms with Crippen molar-refractivity contribution in [2.75, 3.05) is 0 Å². The predicted octanol–water partition coefficient (Wildman–Crippen LogP) is 1.93. The quantitative estimate of drug-likeness (QED) is 0.816. The number of aromatic nitrogens is 3. The van der Waals surface area contributed by atoms with E-state index in [1.165, 1.54) is 4.90 Å². The van der Waals surface area contributed by atoms with Crippen LogP contribution in [0.4, 0.5) is 0 Å². The van der Waals surface area contributed by atoms with Gasteiger partial charge in [-0.05, 0) is 44.2 Å². The van der Waals surface area contributed by atoms with Crippen molar-refractivity contribution >= 4 is 11.9 Å². The highest BCUT2D eigenvalue weighted by atomic mass is 16.4. The average molecular weight is 396 g/mol. The molecular weight excluding hydrogens is 372 g/mol. The molecule has 0 spiro atoms. The van der Waals surface area contributed by atoms with E-state index < -0.39 is 12.0 Å². The smallest absolute Gasteiger partial charge is 0.326 e. The van der Waals surface area contributed by atoms with Crippen LogP contribution in [0.1, 0.15) is 43.4 Å². The predicted molar refractivity (Wildman–Crippen MR) is 105 cm³/mol. The monoisotopic (exact) mass is 396 g/mol. The lowest BCUT2D eigenvalue weighted by Gasteiger charge is -2.33. The molecule has 2 aliphatic rings. The zero-order valence-electron chi connectivity index (χ0n) is 16.3. The molecule has 8 heteroatoms. The molecule has 2 fully saturated rings. The van der Waals surface area contributed by atoms with Gasteiger partial charge < -0.3 is 15.0 Å². The van der Waals surface area contributed by atoms with Gasteiger partial charge in [-0.15, -0.1) is 0 Å². The van der Waals surface area contributed by atoms with Crippen molar-refractivity contribution in [3.63, 3.8) is 0 Å². The first kappa shape index (κ1) is 19.3. The van der Waals surface area contributed by atoms with E-state index in [1.807, 2.05) is 0 Å². The highest BCUT2D eigenvalue weighted by molar-refractivity contribution is 5.86. The van der Waals surface area contributed by atoms with E-state index in [4.69, 9.17) is 0 Å². The van der Waals surface area contributed by atoms with Crippen LogP contribution in [0.2, 0.25) is 0 Å². The van der Waals surface area contributed by atoms with Gasteiger partial charge in [-0.1, -0.05) is 12.8 Å². The van der Waals surface area contributed by atoms with Crippen LogP contribution in [0.25, 0.3) is 11.4 Å². The maximum atomic E-state index is 13.1. The molecule has 1 saturated carbocycles. The number of carboxylic acid groups (broad SMARTS) is 1. The van der Waals surface area contributed by atoms with Crippen molar-refractivity contribution in [2.45, 2.75) is 57.5 Å². The number of carbonyl (C=O) groups excluding carboxylic acids is 1. The van der Waals surface area contributed by atoms with Gasteiger partial charge in [-0.25, -0.2) is 9.78 Å². The Morgan fingerprint density at radius 3 is 2.79 bits per heavy atom. The van der Waals surface area contributed by atoms with E-state index >= 15 is 0 Å². The van der Waals surface area contributed by atoms with Gasteiger partial charge in [0.05, 0.1) is 6.42 Å². The summed E-state index contributed by atoms with van der Waals surface area (Å²) in [6, 6.07) is 2.69. The number of aryl methyl sites for hydroxylation is 1. The minimum Gasteiger partial charge on any atom is -0.480 e. The van der Waals surface area contributed by atoms with Crippen LogP contribution in [-0.4, -0.2) is 48.9 Å². The first-order valence-electron chi connectivity index (χ1n) is 10.00. The third-order valence-electron chi connectivity index (χ3n) is 6.15. The van der Waals surface area contributed by atoms with Gasteiger partial charge in [-0.2, -0.15) is 0 Å². The van der Waals surface area contributed by atoms with Crippen LogP contribution in [0.15, 0.2) is 29.3 Å². The Morgan fingerprint density at radius 2 is 2.10 bits per heavy atom. The van der Waals surface area contributed by atoms with Gasteiger partial charge >= 0.3 is 5.97 Å². The Balaban J connectivity index is 1.61. The summed E-state index contributed by atoms with van der Waals surface area (Å²) in [5.41, 5.74) is 1.05. The topological polar surface area (TPSA) is 116 Å². The minimum absolute atomic E-state index is 0.0423. The number of amides is 1. The van der Waals surface area contributed by atoms with Crippen molar-refractivity contribution in [1.82, 2.24) is 19.9 Å². The number of aliphatic carboxylic acids is 1. The fourth-order valence-electron chi connectivity index (χ4n) is 4.74. The SMILES string of the molecule is Cc1nc(-c2cccnc2)[nH]c(=O)c1CC(=O)N1C(C(=O)O)CC2CCCCC21. The summed E-state index contributed by atoms with van der Waals surface area (Å²) in [6.45, 7) is 1.69. The summed E-state index contributed by atoms with van der Waals surface area (Å²) in [6.07, 6.45) is 7.45. The third-order valence-corrected chi connectivity index (χ3v) is 6.15. The fraction of sp³-hybridized carbons (Fsp3) is 0.476. The van der Waals surface area contributed by atoms with Gasteiger partial charge in [0.2, 0.25) is 5.91 Å². The van der Waals surface area contributed by atoms with Crippen LogP contribution in [0.5, 0.6) is 0 Å². The van der Waals surface area contributed by atoms with Crippen LogP contribution in [-0.2, 0) is 16.0 Å². The number of nitrogens with one attached hydrogen (secondary N) is 1. The molecule has 1 saturated heterocycles. The molecule has 0 aromatic carbocycles. The first-order valence-corrected chi connectivity index (χ1v) is 10.00. The van der Waals surface area contributed by atoms with Crippen LogP contribution >= 0.6 is 0 Å². The van der Waals surface area contributed by atoms with E-state index in [0.29, 0.717) is 23.5 Å². The number of hydrogen-bond acceptors (Lipinski definition) is 5. The van der Waals surface area contributed by atoms with Gasteiger partial charge in [0.15, 0.2) is 0 Å². The summed E-state index contributed by atoms with van der Waals surface area (Å²) in [5.74, 6) is -0.646. The Kier molecular flexibility index (Phi) is 5.17. The van der Waals surface area contributed by atoms with E-state index in [0.717, 1.165) is 25.7 Å². The molecule has 3 heterocycles. The molecule has 2 N–H and O–H groups in total. The first-order chi connectivity index (χ1) is 14.0. The molecular formula is C21H24N4O4. The lowest BCUT2D eigenvalue weighted by Crippen LogP contribution is -2.47. The summed E-state index contributed by atoms with van der Waals surface area (Å²) < 4.78 is 0. The van der Waals surface area contributed by atoms with Crippen molar-refractivity contribution in [1.29, 1.82) is 0 Å². The molecule has 1 aliphatic heterocycles. The van der Waals surface area contributed by atoms with Crippen molar-refractivity contribution < 1.29 is 14.7 Å². The Morgan fingerprint density at radius 1 is 1.31 bits per heavy atom. The molecule has 1 amide bonds. The lowest BCUT2D eigenvalue weighted by atomic mass is 9.84. The summed E-state index contributed by atoms with van der Waals surface area (Å²) in [5, 5.41) is 9.64. The number of fused-ring (bicyclic) bond motifs is 1. The van der Waals surface area contributed by atoms with Gasteiger partial charge in [0.25, 0.3) is 5.56 Å². The number of nitrogens with zero attached hydrogens (tertiary/aromatic N) is 3. The van der Waals surface area contributed by atoms with Gasteiger partial charge in [0, 0.05) is 35.3 Å². The average Bonchev–Trinajstić information content (AvgIpc) is 3.11. The number of pyridine rings is 1. The zero-order chi connectivity index (χ0) is 20.5. The Bertz CT molecular complexity index is 988. The summed E-state index contributed by atoms with van der Waals surface area (Å²) in [7, 11) is 0. The van der Waals surface area contributed by atoms with E-state index in [-0.39, 0.29) is 35.4 Å². The number of rotatable bonds is 4. The normalized spacial score (nSPS) is 23.6. The molecule has 0 bridgehead atoms. The van der Waals surface area contributed by atoms with Crippen LogP contribution in [0.3, 0.4) is 0 Å². The second-order valence-corrected chi connectivity index (χ2v) is 7.90. The van der Waals surface area contributed by atoms with E-state index in [9.17, 15) is 19.5 Å². The fourth-order valence-corrected chi connectivity index (χ4v) is 4.74. The van der Waals surface area contributed by atoms with Gasteiger partial charge in [-0.3, -0.25) is 14.6 Å². The van der Waals surface area contributed by atoms with Crippen molar-refractivity contribution in [3.05, 3.63) is 46.1 Å². The third kappa shape index (κ3) is 3.66. The minimum atomic E-state index is -0.969. The van der Waals surface area contributed by atoms with E-state index in [1.54, 1.807) is 31.5 Å². The molecule has 152 valence electrons. The largest absolute Gasteiger partial charge is 0.480 e. The standard InChI is InChI=1S/C21H24N4O4/c1-12-15(20(27)24-19(23-12)14-6-4-8-22-11-14)10-18(26)25-16-7-3-2-5-13(16)9-17(25)21(28)29/h4,6,8,11,13,16-17H,2-3,5,7,9-10H2,1H3,(H,28,29)(H,23,24,27). The zero-order valence-corrected chi connectivity index (χ0v) is 16.3. The highest BCUT2D eigenvalue weighted by Crippen LogP contribution is 2.40. The van der Waals surface area contributed by atoms with E-state index in [2.05, 4.69) is 15.0 Å². The number of carboxylic acids is 1. The number of likely N-dealkylation sites (tertiary alicyclic amines) is 1. The van der Waals surface area contributed by atoms with Crippen molar-refractivity contribution in [2.24, 2.45) is 5.92 Å². The molecule has 29 heavy (non-hydrogen) atoms. The maximum absolute atomic E-state index is 13.1. The van der Waals surface area contributed by atoms with Crippen molar-refractivity contribution in [3.8, 4) is 11.4 Å². The van der Waals surface area contributed by atoms with Crippen LogP contribution in [0, 0.1) is 12.8 Å².